The van der Waals surface area contributed by atoms with Crippen LogP contribution in [-0.4, -0.2) is 7.11 Å². The van der Waals surface area contributed by atoms with Crippen LogP contribution < -0.4 is 9.47 Å². The summed E-state index contributed by atoms with van der Waals surface area (Å²) in [6.45, 7) is -1.09. The molecule has 142 valence electrons. The number of hydrogen-bond donors (Lipinski definition) is 0. The highest BCUT2D eigenvalue weighted by Gasteiger charge is 2.42. The molecular weight excluding hydrogens is 393 g/mol. The van der Waals surface area contributed by atoms with Crippen molar-refractivity contribution in [3.8, 4) is 11.5 Å². The van der Waals surface area contributed by atoms with Crippen LogP contribution in [0.3, 0.4) is 0 Å². The molecule has 2 aromatic carbocycles. The van der Waals surface area contributed by atoms with Crippen LogP contribution in [0.5, 0.6) is 11.5 Å². The van der Waals surface area contributed by atoms with E-state index in [9.17, 15) is 30.7 Å². The number of halogens is 8. The predicted molar refractivity (Wildman–Crippen MR) is 78.2 cm³/mol. The van der Waals surface area contributed by atoms with Crippen molar-refractivity contribution in [1.29, 1.82) is 0 Å². The van der Waals surface area contributed by atoms with Crippen LogP contribution in [0.15, 0.2) is 18.2 Å². The Labute approximate surface area is 148 Å². The van der Waals surface area contributed by atoms with Gasteiger partial charge in [-0.15, -0.1) is 11.6 Å². The minimum absolute atomic E-state index is 0.0653. The Hall–Kier alpha value is -2.16. The number of alkyl halides is 4. The van der Waals surface area contributed by atoms with Crippen molar-refractivity contribution in [3.05, 3.63) is 58.2 Å². The third-order valence-electron chi connectivity index (χ3n) is 3.42. The Morgan fingerprint density at radius 2 is 1.54 bits per heavy atom. The summed E-state index contributed by atoms with van der Waals surface area (Å²) in [4.78, 5) is 0. The van der Waals surface area contributed by atoms with E-state index < -0.39 is 47.2 Å². The molecule has 0 N–H and O–H groups in total. The van der Waals surface area contributed by atoms with E-state index in [1.54, 1.807) is 6.07 Å². The van der Waals surface area contributed by atoms with Gasteiger partial charge in [0, 0.05) is 5.56 Å². The van der Waals surface area contributed by atoms with E-state index in [4.69, 9.17) is 21.1 Å². The molecule has 26 heavy (non-hydrogen) atoms. The Morgan fingerprint density at radius 1 is 0.962 bits per heavy atom. The summed E-state index contributed by atoms with van der Waals surface area (Å²) in [5.74, 6) is -9.54. The molecule has 0 aromatic heterocycles. The topological polar surface area (TPSA) is 18.5 Å². The van der Waals surface area contributed by atoms with Gasteiger partial charge in [-0.2, -0.15) is 13.2 Å². The highest BCUT2D eigenvalue weighted by atomic mass is 35.5. The fourth-order valence-corrected chi connectivity index (χ4v) is 2.40. The van der Waals surface area contributed by atoms with Gasteiger partial charge in [0.25, 0.3) is 0 Å². The first-order chi connectivity index (χ1) is 12.1. The second kappa shape index (κ2) is 7.61. The molecule has 10 heteroatoms. The van der Waals surface area contributed by atoms with Gasteiger partial charge >= 0.3 is 6.18 Å². The summed E-state index contributed by atoms with van der Waals surface area (Å²) in [6.07, 6.45) is -5.61. The highest BCUT2D eigenvalue weighted by Crippen LogP contribution is 2.38. The van der Waals surface area contributed by atoms with E-state index in [0.717, 1.165) is 0 Å². The molecule has 0 aliphatic carbocycles. The molecule has 0 atom stereocenters. The molecule has 2 nitrogen and oxygen atoms in total. The van der Waals surface area contributed by atoms with Crippen LogP contribution >= 0.6 is 11.6 Å². The van der Waals surface area contributed by atoms with E-state index in [-0.39, 0.29) is 17.4 Å². The zero-order chi connectivity index (χ0) is 19.6. The molecule has 2 aromatic rings. The lowest BCUT2D eigenvalue weighted by molar-refractivity contribution is -0.143. The summed E-state index contributed by atoms with van der Waals surface area (Å²) in [5, 5.41) is 0. The van der Waals surface area contributed by atoms with Crippen LogP contribution in [0.4, 0.5) is 30.7 Å². The zero-order valence-corrected chi connectivity index (χ0v) is 13.7. The molecule has 0 fully saturated rings. The van der Waals surface area contributed by atoms with E-state index >= 15 is 0 Å². The molecule has 2 rings (SSSR count). The first kappa shape index (κ1) is 20.2. The third kappa shape index (κ3) is 3.67. The average Bonchev–Trinajstić information content (AvgIpc) is 2.58. The first-order valence-corrected chi connectivity index (χ1v) is 7.43. The standard InChI is InChI=1S/C16H10ClF7O2/c1-25-9-4-2-3-7(5-17)15(9)26-6-8-11(18)13(20)10(16(22,23)24)14(21)12(8)19/h2-4H,5-6H2,1H3. The highest BCUT2D eigenvalue weighted by molar-refractivity contribution is 6.17. The van der Waals surface area contributed by atoms with Crippen LogP contribution in [0.25, 0.3) is 0 Å². The molecule has 0 saturated heterocycles. The lowest BCUT2D eigenvalue weighted by atomic mass is 10.1. The molecule has 0 aliphatic heterocycles. The smallest absolute Gasteiger partial charge is 0.422 e. The molecule has 0 unspecified atom stereocenters. The van der Waals surface area contributed by atoms with Crippen molar-refractivity contribution in [1.82, 2.24) is 0 Å². The molecule has 0 aliphatic rings. The number of rotatable bonds is 5. The average molecular weight is 403 g/mol. The van der Waals surface area contributed by atoms with Crippen molar-refractivity contribution in [2.75, 3.05) is 7.11 Å². The van der Waals surface area contributed by atoms with Crippen molar-refractivity contribution in [3.63, 3.8) is 0 Å². The molecular formula is C16H10ClF7O2. The second-order valence-corrected chi connectivity index (χ2v) is 5.25. The SMILES string of the molecule is COc1cccc(CCl)c1OCc1c(F)c(F)c(C(F)(F)F)c(F)c1F. The van der Waals surface area contributed by atoms with Crippen molar-refractivity contribution >= 4 is 11.6 Å². The molecule has 0 radical (unpaired) electrons. The first-order valence-electron chi connectivity index (χ1n) is 6.90. The van der Waals surface area contributed by atoms with Gasteiger partial charge in [0.05, 0.1) is 18.6 Å². The summed E-state index contributed by atoms with van der Waals surface area (Å²) in [5.41, 5.74) is -3.64. The Bertz CT molecular complexity index is 770. The zero-order valence-electron chi connectivity index (χ0n) is 13.0. The van der Waals surface area contributed by atoms with Crippen molar-refractivity contribution in [2.24, 2.45) is 0 Å². The Balaban J connectivity index is 2.47. The maximum Gasteiger partial charge on any atom is 0.422 e. The number of benzene rings is 2. The van der Waals surface area contributed by atoms with Gasteiger partial charge in [0.15, 0.2) is 34.8 Å². The fraction of sp³-hybridized carbons (Fsp3) is 0.250. The maximum absolute atomic E-state index is 13.9. The molecule has 0 spiro atoms. The fourth-order valence-electron chi connectivity index (χ4n) is 2.19. The van der Waals surface area contributed by atoms with Crippen LogP contribution in [-0.2, 0) is 18.7 Å². The van der Waals surface area contributed by atoms with Crippen LogP contribution in [0, 0.1) is 23.3 Å². The number of hydrogen-bond acceptors (Lipinski definition) is 2. The van der Waals surface area contributed by atoms with E-state index in [0.29, 0.717) is 5.56 Å². The quantitative estimate of drug-likeness (QED) is 0.369. The predicted octanol–water partition coefficient (Wildman–Crippen LogP) is 5.59. The van der Waals surface area contributed by atoms with Crippen LogP contribution in [0.1, 0.15) is 16.7 Å². The molecule has 0 bridgehead atoms. The van der Waals surface area contributed by atoms with Gasteiger partial charge in [-0.25, -0.2) is 17.6 Å². The van der Waals surface area contributed by atoms with E-state index in [1.165, 1.54) is 19.2 Å². The van der Waals surface area contributed by atoms with Crippen LogP contribution in [0.2, 0.25) is 0 Å². The van der Waals surface area contributed by atoms with Gasteiger partial charge in [-0.1, -0.05) is 12.1 Å². The largest absolute Gasteiger partial charge is 0.493 e. The molecule has 0 amide bonds. The van der Waals surface area contributed by atoms with Gasteiger partial charge in [-0.05, 0) is 6.07 Å². The second-order valence-electron chi connectivity index (χ2n) is 4.98. The monoisotopic (exact) mass is 402 g/mol. The summed E-state index contributed by atoms with van der Waals surface area (Å²) < 4.78 is 103. The number of ether oxygens (including phenoxy) is 2. The van der Waals surface area contributed by atoms with Gasteiger partial charge < -0.3 is 9.47 Å². The number of para-hydroxylation sites is 1. The summed E-state index contributed by atoms with van der Waals surface area (Å²) in [6, 6.07) is 4.46. The van der Waals surface area contributed by atoms with Gasteiger partial charge in [0.1, 0.15) is 12.2 Å². The van der Waals surface area contributed by atoms with E-state index in [2.05, 4.69) is 0 Å². The summed E-state index contributed by atoms with van der Waals surface area (Å²) in [7, 11) is 1.26. The maximum atomic E-state index is 13.9. The Kier molecular flexibility index (Phi) is 5.90. The number of methoxy groups -OCH3 is 1. The molecule has 0 heterocycles. The lowest BCUT2D eigenvalue weighted by Gasteiger charge is -2.16. The third-order valence-corrected chi connectivity index (χ3v) is 3.71. The van der Waals surface area contributed by atoms with E-state index in [1.807, 2.05) is 0 Å². The van der Waals surface area contributed by atoms with Crippen molar-refractivity contribution in [2.45, 2.75) is 18.7 Å². The minimum atomic E-state index is -5.61. The summed E-state index contributed by atoms with van der Waals surface area (Å²) >= 11 is 5.70. The minimum Gasteiger partial charge on any atom is -0.493 e. The molecule has 0 saturated carbocycles. The van der Waals surface area contributed by atoms with Gasteiger partial charge in [-0.3, -0.25) is 0 Å². The normalized spacial score (nSPS) is 11.6. The Morgan fingerprint density at radius 3 is 2.00 bits per heavy atom. The lowest BCUT2D eigenvalue weighted by Crippen LogP contribution is -2.18. The van der Waals surface area contributed by atoms with Crippen molar-refractivity contribution < 1.29 is 40.2 Å². The van der Waals surface area contributed by atoms with Gasteiger partial charge in [0.2, 0.25) is 0 Å².